The molecule has 1 heterocycles. The number of rotatable bonds is 3. The van der Waals surface area contributed by atoms with Crippen LogP contribution in [-0.4, -0.2) is 18.2 Å². The van der Waals surface area contributed by atoms with E-state index in [0.29, 0.717) is 0 Å². The first-order chi connectivity index (χ1) is 6.65. The van der Waals surface area contributed by atoms with Gasteiger partial charge in [0.05, 0.1) is 6.04 Å². The van der Waals surface area contributed by atoms with Gasteiger partial charge in [-0.05, 0) is 19.4 Å². The second-order valence-corrected chi connectivity index (χ2v) is 3.22. The van der Waals surface area contributed by atoms with E-state index in [1.54, 1.807) is 0 Å². The highest BCUT2D eigenvalue weighted by Crippen LogP contribution is 2.16. The fourth-order valence-corrected chi connectivity index (χ4v) is 1.29. The molecule has 76 valence electrons. The summed E-state index contributed by atoms with van der Waals surface area (Å²) in [6.07, 6.45) is 6.93. The van der Waals surface area contributed by atoms with Crippen molar-refractivity contribution < 1.29 is 9.53 Å². The standard InChI is InChI=1S/C11H15NO2/c1-4-5-6-7-8(2)10-9(3)12-11(13)14-10/h4-7,9-10H,2H2,1,3H3,(H,12,13)/b5-4-,7-6-/t9-,10+/m1/s1. The summed E-state index contributed by atoms with van der Waals surface area (Å²) >= 11 is 0. The van der Waals surface area contributed by atoms with E-state index in [1.807, 2.05) is 38.2 Å². The maximum atomic E-state index is 10.9. The highest BCUT2D eigenvalue weighted by atomic mass is 16.6. The van der Waals surface area contributed by atoms with Gasteiger partial charge in [-0.2, -0.15) is 0 Å². The summed E-state index contributed by atoms with van der Waals surface area (Å²) in [6, 6.07) is -0.00902. The monoisotopic (exact) mass is 193 g/mol. The predicted molar refractivity (Wildman–Crippen MR) is 56.0 cm³/mol. The Morgan fingerprint density at radius 3 is 2.79 bits per heavy atom. The molecule has 0 radical (unpaired) electrons. The highest BCUT2D eigenvalue weighted by molar-refractivity contribution is 5.71. The summed E-state index contributed by atoms with van der Waals surface area (Å²) in [7, 11) is 0. The lowest BCUT2D eigenvalue weighted by atomic mass is 10.1. The molecule has 0 aromatic rings. The molecule has 3 heteroatoms. The molecule has 0 aromatic carbocycles. The minimum absolute atomic E-state index is 0.00902. The third kappa shape index (κ3) is 2.49. The van der Waals surface area contributed by atoms with Crippen molar-refractivity contribution in [2.24, 2.45) is 0 Å². The number of hydrogen-bond donors (Lipinski definition) is 1. The van der Waals surface area contributed by atoms with E-state index in [1.165, 1.54) is 0 Å². The van der Waals surface area contributed by atoms with E-state index in [9.17, 15) is 4.79 Å². The van der Waals surface area contributed by atoms with Gasteiger partial charge in [0.2, 0.25) is 0 Å². The average Bonchev–Trinajstić information content (AvgIpc) is 2.45. The molecule has 1 saturated heterocycles. The van der Waals surface area contributed by atoms with E-state index in [2.05, 4.69) is 11.9 Å². The number of ether oxygens (including phenoxy) is 1. The third-order valence-electron chi connectivity index (χ3n) is 2.01. The molecule has 0 unspecified atom stereocenters. The Morgan fingerprint density at radius 2 is 2.29 bits per heavy atom. The molecule has 14 heavy (non-hydrogen) atoms. The van der Waals surface area contributed by atoms with Crippen molar-refractivity contribution in [1.82, 2.24) is 5.32 Å². The van der Waals surface area contributed by atoms with Gasteiger partial charge in [-0.15, -0.1) is 0 Å². The number of carbonyl (C=O) groups excluding carboxylic acids is 1. The fraction of sp³-hybridized carbons (Fsp3) is 0.364. The van der Waals surface area contributed by atoms with Crippen LogP contribution >= 0.6 is 0 Å². The Morgan fingerprint density at radius 1 is 1.57 bits per heavy atom. The maximum absolute atomic E-state index is 10.9. The minimum atomic E-state index is -0.372. The number of amides is 1. The number of alkyl carbamates (subject to hydrolysis) is 1. The summed E-state index contributed by atoms with van der Waals surface area (Å²) in [6.45, 7) is 7.69. The van der Waals surface area contributed by atoms with Crippen molar-refractivity contribution in [2.45, 2.75) is 26.0 Å². The van der Waals surface area contributed by atoms with Gasteiger partial charge in [0.1, 0.15) is 6.10 Å². The molecule has 1 rings (SSSR count). The SMILES string of the molecule is C=C(/C=C\C=C/C)[C@@H]1OC(=O)N[C@@H]1C. The van der Waals surface area contributed by atoms with Crippen molar-refractivity contribution >= 4 is 6.09 Å². The van der Waals surface area contributed by atoms with Gasteiger partial charge in [0, 0.05) is 0 Å². The zero-order valence-corrected chi connectivity index (χ0v) is 8.49. The number of allylic oxidation sites excluding steroid dienone is 3. The topological polar surface area (TPSA) is 38.3 Å². The summed E-state index contributed by atoms with van der Waals surface area (Å²) in [5.74, 6) is 0. The molecular formula is C11H15NO2. The number of hydrogen-bond acceptors (Lipinski definition) is 2. The van der Waals surface area contributed by atoms with Crippen LogP contribution in [0.1, 0.15) is 13.8 Å². The minimum Gasteiger partial charge on any atom is -0.439 e. The van der Waals surface area contributed by atoms with Gasteiger partial charge in [-0.1, -0.05) is 30.9 Å². The van der Waals surface area contributed by atoms with Crippen molar-refractivity contribution in [2.75, 3.05) is 0 Å². The summed E-state index contributed by atoms with van der Waals surface area (Å²) < 4.78 is 5.04. The second-order valence-electron chi connectivity index (χ2n) is 3.22. The largest absolute Gasteiger partial charge is 0.439 e. The van der Waals surface area contributed by atoms with E-state index >= 15 is 0 Å². The lowest BCUT2D eigenvalue weighted by Gasteiger charge is -2.12. The number of cyclic esters (lactones) is 1. The number of carbonyl (C=O) groups is 1. The Balaban J connectivity index is 2.57. The molecule has 0 bridgehead atoms. The lowest BCUT2D eigenvalue weighted by molar-refractivity contribution is 0.151. The third-order valence-corrected chi connectivity index (χ3v) is 2.01. The van der Waals surface area contributed by atoms with Gasteiger partial charge in [-0.25, -0.2) is 4.79 Å². The van der Waals surface area contributed by atoms with E-state index < -0.39 is 0 Å². The van der Waals surface area contributed by atoms with Crippen molar-refractivity contribution in [1.29, 1.82) is 0 Å². The van der Waals surface area contributed by atoms with Crippen LogP contribution in [0.4, 0.5) is 4.79 Å². The van der Waals surface area contributed by atoms with Crippen LogP contribution in [0.15, 0.2) is 36.5 Å². The zero-order chi connectivity index (χ0) is 10.6. The predicted octanol–water partition coefficient (Wildman–Crippen LogP) is 2.17. The van der Waals surface area contributed by atoms with Gasteiger partial charge in [0.15, 0.2) is 0 Å². The molecule has 1 fully saturated rings. The Bertz CT molecular complexity index is 292. The molecule has 0 saturated carbocycles. The molecule has 0 aromatic heterocycles. The van der Waals surface area contributed by atoms with Crippen molar-refractivity contribution in [3.8, 4) is 0 Å². The highest BCUT2D eigenvalue weighted by Gasteiger charge is 2.31. The van der Waals surface area contributed by atoms with Crippen molar-refractivity contribution in [3.05, 3.63) is 36.5 Å². The van der Waals surface area contributed by atoms with Crippen LogP contribution in [0.25, 0.3) is 0 Å². The number of nitrogens with one attached hydrogen (secondary N) is 1. The molecule has 1 aliphatic heterocycles. The van der Waals surface area contributed by atoms with Gasteiger partial charge >= 0.3 is 6.09 Å². The molecule has 1 aliphatic rings. The van der Waals surface area contributed by atoms with E-state index in [4.69, 9.17) is 4.74 Å². The maximum Gasteiger partial charge on any atom is 0.408 e. The summed E-state index contributed by atoms with van der Waals surface area (Å²) in [4.78, 5) is 10.9. The van der Waals surface area contributed by atoms with Gasteiger partial charge < -0.3 is 10.1 Å². The van der Waals surface area contributed by atoms with Crippen LogP contribution in [0.5, 0.6) is 0 Å². The zero-order valence-electron chi connectivity index (χ0n) is 8.49. The van der Waals surface area contributed by atoms with Crippen LogP contribution in [-0.2, 0) is 4.74 Å². The first-order valence-electron chi connectivity index (χ1n) is 4.60. The molecule has 0 spiro atoms. The quantitative estimate of drug-likeness (QED) is 0.697. The molecule has 2 atom stereocenters. The van der Waals surface area contributed by atoms with Crippen LogP contribution in [0, 0.1) is 0 Å². The fourth-order valence-electron chi connectivity index (χ4n) is 1.29. The van der Waals surface area contributed by atoms with Crippen LogP contribution in [0.2, 0.25) is 0 Å². The van der Waals surface area contributed by atoms with E-state index in [-0.39, 0.29) is 18.2 Å². The molecular weight excluding hydrogens is 178 g/mol. The Hall–Kier alpha value is -1.51. The second kappa shape index (κ2) is 4.65. The Labute approximate surface area is 84.1 Å². The normalized spacial score (nSPS) is 26.9. The van der Waals surface area contributed by atoms with Crippen LogP contribution in [0.3, 0.4) is 0 Å². The van der Waals surface area contributed by atoms with Gasteiger partial charge in [-0.3, -0.25) is 0 Å². The average molecular weight is 193 g/mol. The molecule has 1 N–H and O–H groups in total. The smallest absolute Gasteiger partial charge is 0.408 e. The van der Waals surface area contributed by atoms with E-state index in [0.717, 1.165) is 5.57 Å². The summed E-state index contributed by atoms with van der Waals surface area (Å²) in [5, 5.41) is 2.66. The summed E-state index contributed by atoms with van der Waals surface area (Å²) in [5.41, 5.74) is 0.800. The van der Waals surface area contributed by atoms with Crippen molar-refractivity contribution in [3.63, 3.8) is 0 Å². The lowest BCUT2D eigenvalue weighted by Crippen LogP contribution is -2.28. The van der Waals surface area contributed by atoms with Crippen LogP contribution < -0.4 is 5.32 Å². The first kappa shape index (κ1) is 10.6. The first-order valence-corrected chi connectivity index (χ1v) is 4.60. The molecule has 0 aliphatic carbocycles. The molecule has 3 nitrogen and oxygen atoms in total. The van der Waals surface area contributed by atoms with Gasteiger partial charge in [0.25, 0.3) is 0 Å². The Kier molecular flexibility index (Phi) is 3.51. The molecule has 1 amide bonds.